The number of amides is 1. The second kappa shape index (κ2) is 10.8. The minimum atomic E-state index is -0.220. The lowest BCUT2D eigenvalue weighted by Gasteiger charge is -2.34. The van der Waals surface area contributed by atoms with Gasteiger partial charge in [-0.3, -0.25) is 9.69 Å². The third-order valence-corrected chi connectivity index (χ3v) is 5.94. The van der Waals surface area contributed by atoms with E-state index in [1.807, 2.05) is 0 Å². The van der Waals surface area contributed by atoms with Crippen LogP contribution in [0, 0.1) is 11.7 Å². The maximum absolute atomic E-state index is 12.9. The van der Waals surface area contributed by atoms with Gasteiger partial charge in [-0.1, -0.05) is 25.0 Å². The van der Waals surface area contributed by atoms with Crippen molar-refractivity contribution in [2.24, 2.45) is 5.92 Å². The molecule has 150 valence electrons. The summed E-state index contributed by atoms with van der Waals surface area (Å²) in [5.74, 6) is 0.672. The molecule has 1 N–H and O–H groups in total. The van der Waals surface area contributed by atoms with Gasteiger partial charge in [0, 0.05) is 13.1 Å². The average Bonchev–Trinajstić information content (AvgIpc) is 2.94. The Balaban J connectivity index is 1.29. The number of halogens is 1. The number of rotatable bonds is 7. The van der Waals surface area contributed by atoms with Crippen LogP contribution in [-0.4, -0.2) is 61.5 Å². The van der Waals surface area contributed by atoms with E-state index in [0.29, 0.717) is 13.1 Å². The molecule has 0 aliphatic carbocycles. The molecule has 3 rings (SSSR count). The molecule has 0 bridgehead atoms. The van der Waals surface area contributed by atoms with Gasteiger partial charge in [-0.2, -0.15) is 0 Å². The van der Waals surface area contributed by atoms with Crippen molar-refractivity contribution in [3.63, 3.8) is 0 Å². The quantitative estimate of drug-likeness (QED) is 0.796. The lowest BCUT2D eigenvalue weighted by molar-refractivity contribution is -0.122. The molecular weight excluding hydrogens is 341 g/mol. The van der Waals surface area contributed by atoms with Crippen LogP contribution in [0.2, 0.25) is 0 Å². The molecule has 2 aliphatic rings. The van der Waals surface area contributed by atoms with Gasteiger partial charge in [-0.15, -0.1) is 0 Å². The summed E-state index contributed by atoms with van der Waals surface area (Å²) in [4.78, 5) is 17.1. The van der Waals surface area contributed by atoms with Gasteiger partial charge in [-0.05, 0) is 81.9 Å². The van der Waals surface area contributed by atoms with Crippen LogP contribution in [0.25, 0.3) is 0 Å². The van der Waals surface area contributed by atoms with Gasteiger partial charge in [0.2, 0.25) is 5.91 Å². The zero-order valence-electron chi connectivity index (χ0n) is 16.5. The number of nitrogens with one attached hydrogen (secondary N) is 1. The fraction of sp³-hybridized carbons (Fsp3) is 0.682. The summed E-state index contributed by atoms with van der Waals surface area (Å²) in [5, 5.41) is 2.99. The van der Waals surface area contributed by atoms with Gasteiger partial charge in [0.25, 0.3) is 0 Å². The molecule has 2 saturated heterocycles. The zero-order chi connectivity index (χ0) is 18.9. The van der Waals surface area contributed by atoms with Gasteiger partial charge in [-0.25, -0.2) is 4.39 Å². The van der Waals surface area contributed by atoms with Crippen LogP contribution < -0.4 is 5.32 Å². The van der Waals surface area contributed by atoms with Crippen LogP contribution in [0.4, 0.5) is 4.39 Å². The Labute approximate surface area is 163 Å². The van der Waals surface area contributed by atoms with E-state index < -0.39 is 0 Å². The van der Waals surface area contributed by atoms with E-state index >= 15 is 0 Å². The first-order chi connectivity index (χ1) is 13.2. The monoisotopic (exact) mass is 375 g/mol. The van der Waals surface area contributed by atoms with E-state index in [1.54, 1.807) is 12.1 Å². The highest BCUT2D eigenvalue weighted by atomic mass is 19.1. The molecule has 0 aromatic heterocycles. The van der Waals surface area contributed by atoms with Crippen molar-refractivity contribution in [2.75, 3.05) is 45.8 Å². The number of benzene rings is 1. The fourth-order valence-electron chi connectivity index (χ4n) is 4.27. The van der Waals surface area contributed by atoms with Crippen LogP contribution in [0.5, 0.6) is 0 Å². The number of likely N-dealkylation sites (tertiary alicyclic amines) is 2. The van der Waals surface area contributed by atoms with Crippen molar-refractivity contribution in [1.82, 2.24) is 15.1 Å². The SMILES string of the molecule is O=C(CN1CCC(CN2CCCCCC2)CC1)NCCc1ccc(F)cc1. The van der Waals surface area contributed by atoms with Crippen molar-refractivity contribution in [1.29, 1.82) is 0 Å². The average molecular weight is 376 g/mol. The standard InChI is InChI=1S/C22H34FN3O/c23-21-7-5-19(6-8-21)9-12-24-22(27)18-26-15-10-20(11-16-26)17-25-13-3-1-2-4-14-25/h5-8,20H,1-4,9-18H2,(H,24,27). The maximum atomic E-state index is 12.9. The smallest absolute Gasteiger partial charge is 0.234 e. The van der Waals surface area contributed by atoms with Gasteiger partial charge >= 0.3 is 0 Å². The molecule has 5 heteroatoms. The summed E-state index contributed by atoms with van der Waals surface area (Å²) in [6.07, 6.45) is 8.66. The normalized spacial score (nSPS) is 20.3. The first-order valence-electron chi connectivity index (χ1n) is 10.6. The summed E-state index contributed by atoms with van der Waals surface area (Å²) in [6.45, 7) is 6.97. The first-order valence-corrected chi connectivity index (χ1v) is 10.6. The molecule has 1 amide bonds. The molecule has 0 saturated carbocycles. The van der Waals surface area contributed by atoms with Crippen LogP contribution in [0.1, 0.15) is 44.1 Å². The Hall–Kier alpha value is -1.46. The largest absolute Gasteiger partial charge is 0.355 e. The molecule has 0 unspecified atom stereocenters. The lowest BCUT2D eigenvalue weighted by Crippen LogP contribution is -2.43. The number of hydrogen-bond acceptors (Lipinski definition) is 3. The highest BCUT2D eigenvalue weighted by Gasteiger charge is 2.23. The summed E-state index contributed by atoms with van der Waals surface area (Å²) in [5.41, 5.74) is 1.05. The summed E-state index contributed by atoms with van der Waals surface area (Å²) >= 11 is 0. The predicted octanol–water partition coefficient (Wildman–Crippen LogP) is 3.07. The van der Waals surface area contributed by atoms with Crippen LogP contribution >= 0.6 is 0 Å². The van der Waals surface area contributed by atoms with Gasteiger partial charge in [0.1, 0.15) is 5.82 Å². The van der Waals surface area contributed by atoms with E-state index in [1.165, 1.54) is 70.3 Å². The van der Waals surface area contributed by atoms with E-state index in [9.17, 15) is 9.18 Å². The topological polar surface area (TPSA) is 35.6 Å². The summed E-state index contributed by atoms with van der Waals surface area (Å²) in [6, 6.07) is 6.48. The van der Waals surface area contributed by atoms with E-state index in [0.717, 1.165) is 31.0 Å². The van der Waals surface area contributed by atoms with Crippen molar-refractivity contribution in [3.05, 3.63) is 35.6 Å². The Morgan fingerprint density at radius 2 is 1.63 bits per heavy atom. The van der Waals surface area contributed by atoms with Crippen LogP contribution in [0.3, 0.4) is 0 Å². The molecule has 0 radical (unpaired) electrons. The first kappa shape index (κ1) is 20.3. The molecule has 0 spiro atoms. The Morgan fingerprint density at radius 3 is 2.30 bits per heavy atom. The van der Waals surface area contributed by atoms with Crippen LogP contribution in [0.15, 0.2) is 24.3 Å². The van der Waals surface area contributed by atoms with Crippen LogP contribution in [-0.2, 0) is 11.2 Å². The Bertz CT molecular complexity index is 561. The third-order valence-electron chi connectivity index (χ3n) is 5.94. The molecule has 4 nitrogen and oxygen atoms in total. The van der Waals surface area contributed by atoms with E-state index in [-0.39, 0.29) is 11.7 Å². The summed E-state index contributed by atoms with van der Waals surface area (Å²) in [7, 11) is 0. The van der Waals surface area contributed by atoms with Gasteiger partial charge in [0.15, 0.2) is 0 Å². The van der Waals surface area contributed by atoms with Gasteiger partial charge < -0.3 is 10.2 Å². The lowest BCUT2D eigenvalue weighted by atomic mass is 9.96. The Kier molecular flexibility index (Phi) is 8.09. The van der Waals surface area contributed by atoms with Gasteiger partial charge in [0.05, 0.1) is 6.54 Å². The zero-order valence-corrected chi connectivity index (χ0v) is 16.5. The molecule has 2 fully saturated rings. The highest BCUT2D eigenvalue weighted by molar-refractivity contribution is 5.78. The number of piperidine rings is 1. The van der Waals surface area contributed by atoms with E-state index in [2.05, 4.69) is 15.1 Å². The Morgan fingerprint density at radius 1 is 0.963 bits per heavy atom. The predicted molar refractivity (Wildman–Crippen MR) is 107 cm³/mol. The second-order valence-corrected chi connectivity index (χ2v) is 8.16. The van der Waals surface area contributed by atoms with Crippen molar-refractivity contribution in [3.8, 4) is 0 Å². The minimum Gasteiger partial charge on any atom is -0.355 e. The molecule has 1 aromatic carbocycles. The van der Waals surface area contributed by atoms with Crippen molar-refractivity contribution < 1.29 is 9.18 Å². The molecular formula is C22H34FN3O. The molecule has 2 heterocycles. The number of carbonyl (C=O) groups is 1. The van der Waals surface area contributed by atoms with Crippen molar-refractivity contribution in [2.45, 2.75) is 44.9 Å². The number of hydrogen-bond donors (Lipinski definition) is 1. The fourth-order valence-corrected chi connectivity index (χ4v) is 4.27. The highest BCUT2D eigenvalue weighted by Crippen LogP contribution is 2.20. The maximum Gasteiger partial charge on any atom is 0.234 e. The summed E-state index contributed by atoms with van der Waals surface area (Å²) < 4.78 is 12.9. The molecule has 2 aliphatic heterocycles. The number of nitrogens with zero attached hydrogens (tertiary/aromatic N) is 2. The van der Waals surface area contributed by atoms with E-state index in [4.69, 9.17) is 0 Å². The number of carbonyl (C=O) groups excluding carboxylic acids is 1. The third kappa shape index (κ3) is 7.23. The molecule has 0 atom stereocenters. The molecule has 27 heavy (non-hydrogen) atoms. The molecule has 1 aromatic rings. The second-order valence-electron chi connectivity index (χ2n) is 8.16. The minimum absolute atomic E-state index is 0.100. The van der Waals surface area contributed by atoms with Crippen molar-refractivity contribution >= 4 is 5.91 Å².